The smallest absolute Gasteiger partial charge is 0.162 e. The van der Waals surface area contributed by atoms with Crippen LogP contribution in [0.4, 0.5) is 0 Å². The van der Waals surface area contributed by atoms with Crippen molar-refractivity contribution in [3.63, 3.8) is 0 Å². The van der Waals surface area contributed by atoms with Crippen molar-refractivity contribution in [1.29, 1.82) is 0 Å². The van der Waals surface area contributed by atoms with Gasteiger partial charge in [0.1, 0.15) is 0 Å². The van der Waals surface area contributed by atoms with Crippen molar-refractivity contribution in [2.75, 3.05) is 7.05 Å². The molecule has 72 valence electrons. The molecule has 0 fully saturated rings. The fourth-order valence-corrected chi connectivity index (χ4v) is 1.19. The second-order valence-corrected chi connectivity index (χ2v) is 2.89. The molecule has 2 N–H and O–H groups in total. The molecule has 0 saturated heterocycles. The zero-order chi connectivity index (χ0) is 9.80. The van der Waals surface area contributed by atoms with Crippen LogP contribution in [0.25, 0.3) is 11.4 Å². The highest BCUT2D eigenvalue weighted by Gasteiger charge is 2.02. The van der Waals surface area contributed by atoms with E-state index in [4.69, 9.17) is 0 Å². The van der Waals surface area contributed by atoms with Gasteiger partial charge in [0.15, 0.2) is 5.82 Å². The van der Waals surface area contributed by atoms with Crippen molar-refractivity contribution in [3.05, 3.63) is 30.4 Å². The average Bonchev–Trinajstić information content (AvgIpc) is 2.71. The highest BCUT2D eigenvalue weighted by molar-refractivity contribution is 5.51. The molecule has 2 rings (SSSR count). The lowest BCUT2D eigenvalue weighted by Crippen LogP contribution is -2.07. The topological polar surface area (TPSA) is 66.5 Å². The van der Waals surface area contributed by atoms with E-state index >= 15 is 0 Å². The third-order valence-corrected chi connectivity index (χ3v) is 1.83. The Morgan fingerprint density at radius 2 is 2.43 bits per heavy atom. The summed E-state index contributed by atoms with van der Waals surface area (Å²) in [5.41, 5.74) is 1.88. The first kappa shape index (κ1) is 8.83. The first-order valence-corrected chi connectivity index (χ1v) is 4.36. The Morgan fingerprint density at radius 1 is 1.50 bits per heavy atom. The molecule has 0 aliphatic heterocycles. The number of nitrogens with one attached hydrogen (secondary N) is 2. The van der Waals surface area contributed by atoms with Gasteiger partial charge >= 0.3 is 0 Å². The zero-order valence-electron chi connectivity index (χ0n) is 7.86. The number of H-pyrrole nitrogens is 1. The Morgan fingerprint density at radius 3 is 3.14 bits per heavy atom. The summed E-state index contributed by atoms with van der Waals surface area (Å²) >= 11 is 0. The molecule has 0 aliphatic rings. The van der Waals surface area contributed by atoms with Gasteiger partial charge in [-0.3, -0.25) is 5.10 Å². The summed E-state index contributed by atoms with van der Waals surface area (Å²) in [6.45, 7) is 0.743. The molecule has 2 aromatic rings. The summed E-state index contributed by atoms with van der Waals surface area (Å²) in [5, 5.41) is 9.63. The third kappa shape index (κ3) is 1.77. The molecule has 0 atom stereocenters. The van der Waals surface area contributed by atoms with E-state index in [2.05, 4.69) is 25.5 Å². The minimum absolute atomic E-state index is 0.700. The van der Waals surface area contributed by atoms with Gasteiger partial charge in [-0.15, -0.1) is 0 Å². The normalized spacial score (nSPS) is 10.4. The maximum Gasteiger partial charge on any atom is 0.162 e. The average molecular weight is 189 g/mol. The summed E-state index contributed by atoms with van der Waals surface area (Å²) in [6.07, 6.45) is 5.24. The predicted molar refractivity (Wildman–Crippen MR) is 52.4 cm³/mol. The van der Waals surface area contributed by atoms with Crippen molar-refractivity contribution < 1.29 is 0 Å². The number of rotatable bonds is 3. The molecule has 0 radical (unpaired) electrons. The van der Waals surface area contributed by atoms with Gasteiger partial charge in [-0.25, -0.2) is 9.97 Å². The monoisotopic (exact) mass is 189 g/mol. The Bertz CT molecular complexity index is 395. The molecular weight excluding hydrogens is 178 g/mol. The molecule has 0 aliphatic carbocycles. The van der Waals surface area contributed by atoms with E-state index < -0.39 is 0 Å². The molecule has 2 heterocycles. The first-order valence-electron chi connectivity index (χ1n) is 4.36. The molecule has 0 unspecified atom stereocenters. The number of aromatic amines is 1. The van der Waals surface area contributed by atoms with Crippen LogP contribution in [0, 0.1) is 0 Å². The number of aromatic nitrogens is 4. The van der Waals surface area contributed by atoms with Crippen LogP contribution in [-0.4, -0.2) is 27.2 Å². The quantitative estimate of drug-likeness (QED) is 0.741. The summed E-state index contributed by atoms with van der Waals surface area (Å²) in [6, 6.07) is 1.89. The minimum Gasteiger partial charge on any atom is -0.314 e. The Hall–Kier alpha value is -1.75. The number of nitrogens with zero attached hydrogens (tertiary/aromatic N) is 3. The van der Waals surface area contributed by atoms with Crippen LogP contribution in [-0.2, 0) is 6.54 Å². The van der Waals surface area contributed by atoms with E-state index in [1.165, 1.54) is 0 Å². The maximum absolute atomic E-state index is 4.37. The van der Waals surface area contributed by atoms with Crippen LogP contribution < -0.4 is 5.32 Å². The van der Waals surface area contributed by atoms with Gasteiger partial charge in [-0.05, 0) is 13.1 Å². The molecular formula is C9H11N5. The Kier molecular flexibility index (Phi) is 2.51. The van der Waals surface area contributed by atoms with E-state index in [-0.39, 0.29) is 0 Å². The molecule has 0 spiro atoms. The van der Waals surface area contributed by atoms with Gasteiger partial charge < -0.3 is 5.32 Å². The highest BCUT2D eigenvalue weighted by atomic mass is 15.1. The lowest BCUT2D eigenvalue weighted by Gasteiger charge is -2.00. The molecule has 14 heavy (non-hydrogen) atoms. The molecule has 0 bridgehead atoms. The summed E-state index contributed by atoms with van der Waals surface area (Å²) < 4.78 is 0. The molecule has 0 aromatic carbocycles. The van der Waals surface area contributed by atoms with Crippen molar-refractivity contribution >= 4 is 0 Å². The number of hydrogen-bond acceptors (Lipinski definition) is 4. The molecule has 5 heteroatoms. The van der Waals surface area contributed by atoms with E-state index in [0.717, 1.165) is 17.8 Å². The number of hydrogen-bond donors (Lipinski definition) is 2. The minimum atomic E-state index is 0.700. The van der Waals surface area contributed by atoms with E-state index in [0.29, 0.717) is 5.82 Å². The molecule has 0 saturated carbocycles. The summed E-state index contributed by atoms with van der Waals surface area (Å²) in [7, 11) is 1.89. The van der Waals surface area contributed by atoms with Crippen molar-refractivity contribution in [1.82, 2.24) is 25.5 Å². The van der Waals surface area contributed by atoms with Crippen LogP contribution in [0.15, 0.2) is 24.7 Å². The fourth-order valence-electron chi connectivity index (χ4n) is 1.19. The van der Waals surface area contributed by atoms with Crippen LogP contribution in [0.3, 0.4) is 0 Å². The van der Waals surface area contributed by atoms with Gasteiger partial charge in [-0.1, -0.05) is 0 Å². The standard InChI is InChI=1S/C9H11N5/c1-10-6-8-2-3-11-9(14-8)7-4-12-13-5-7/h2-5,10H,6H2,1H3,(H,12,13). The van der Waals surface area contributed by atoms with E-state index in [1.807, 2.05) is 13.1 Å². The summed E-state index contributed by atoms with van der Waals surface area (Å²) in [5.74, 6) is 0.700. The van der Waals surface area contributed by atoms with Gasteiger partial charge in [-0.2, -0.15) is 5.10 Å². The maximum atomic E-state index is 4.37. The van der Waals surface area contributed by atoms with Crippen molar-refractivity contribution in [2.24, 2.45) is 0 Å². The largest absolute Gasteiger partial charge is 0.314 e. The fraction of sp³-hybridized carbons (Fsp3) is 0.222. The SMILES string of the molecule is CNCc1ccnc(-c2cn[nH]c2)n1. The zero-order valence-corrected chi connectivity index (χ0v) is 7.86. The second kappa shape index (κ2) is 3.97. The van der Waals surface area contributed by atoms with Crippen molar-refractivity contribution in [3.8, 4) is 11.4 Å². The lowest BCUT2D eigenvalue weighted by atomic mass is 10.3. The molecule has 2 aromatic heterocycles. The predicted octanol–water partition coefficient (Wildman–Crippen LogP) is 0.586. The van der Waals surface area contributed by atoms with Gasteiger partial charge in [0.05, 0.1) is 17.5 Å². The molecule has 5 nitrogen and oxygen atoms in total. The second-order valence-electron chi connectivity index (χ2n) is 2.89. The van der Waals surface area contributed by atoms with E-state index in [1.54, 1.807) is 18.6 Å². The highest BCUT2D eigenvalue weighted by Crippen LogP contribution is 2.11. The van der Waals surface area contributed by atoms with Crippen LogP contribution >= 0.6 is 0 Å². The Labute approximate surface area is 81.6 Å². The van der Waals surface area contributed by atoms with Crippen LogP contribution in [0.1, 0.15) is 5.69 Å². The van der Waals surface area contributed by atoms with E-state index in [9.17, 15) is 0 Å². The third-order valence-electron chi connectivity index (χ3n) is 1.83. The lowest BCUT2D eigenvalue weighted by molar-refractivity contribution is 0.788. The van der Waals surface area contributed by atoms with Crippen LogP contribution in [0.5, 0.6) is 0 Å². The first-order chi connectivity index (χ1) is 6.90. The Balaban J connectivity index is 2.31. The van der Waals surface area contributed by atoms with Gasteiger partial charge in [0, 0.05) is 18.9 Å². The van der Waals surface area contributed by atoms with Gasteiger partial charge in [0.2, 0.25) is 0 Å². The molecule has 0 amide bonds. The summed E-state index contributed by atoms with van der Waals surface area (Å²) in [4.78, 5) is 8.54. The van der Waals surface area contributed by atoms with Crippen molar-refractivity contribution in [2.45, 2.75) is 6.54 Å². The van der Waals surface area contributed by atoms with Crippen LogP contribution in [0.2, 0.25) is 0 Å². The van der Waals surface area contributed by atoms with Gasteiger partial charge in [0.25, 0.3) is 0 Å².